The monoisotopic (exact) mass is 572 g/mol. The number of hydrogen-bond acceptors (Lipinski definition) is 5. The van der Waals surface area contributed by atoms with Crippen LogP contribution in [0.3, 0.4) is 0 Å². The Morgan fingerprint density at radius 3 is 2.58 bits per heavy atom. The Balaban J connectivity index is 1.49. The fourth-order valence-corrected chi connectivity index (χ4v) is 9.60. The molecular weight excluding hydrogens is 540 g/mol. The molecule has 7 nitrogen and oxygen atoms in total. The molecule has 1 spiro atoms. The van der Waals surface area contributed by atoms with Crippen LogP contribution in [0, 0.1) is 5.92 Å². The lowest BCUT2D eigenvalue weighted by Gasteiger charge is -2.37. The second-order valence-electron chi connectivity index (χ2n) is 10.9. The normalized spacial score (nSPS) is 29.6. The van der Waals surface area contributed by atoms with E-state index in [0.29, 0.717) is 13.0 Å². The number of benzene rings is 2. The second kappa shape index (κ2) is 9.06. The maximum atomic E-state index is 13.7. The van der Waals surface area contributed by atoms with Crippen LogP contribution in [0.25, 0.3) is 0 Å². The van der Waals surface area contributed by atoms with Gasteiger partial charge in [-0.15, -0.1) is 0 Å². The molecule has 3 aliphatic heterocycles. The van der Waals surface area contributed by atoms with E-state index in [1.807, 2.05) is 62.5 Å². The molecule has 192 valence electrons. The third kappa shape index (κ3) is 3.87. The molecule has 5 rings (SSSR count). The van der Waals surface area contributed by atoms with Crippen LogP contribution in [-0.2, 0) is 32.9 Å². The smallest absolute Gasteiger partial charge is 0.264 e. The molecule has 2 amide bonds. The first-order valence-electron chi connectivity index (χ1n) is 12.4. The summed E-state index contributed by atoms with van der Waals surface area (Å²) in [6.07, 6.45) is 0.0312. The van der Waals surface area contributed by atoms with Crippen molar-refractivity contribution in [3.05, 3.63) is 63.6 Å². The van der Waals surface area contributed by atoms with Gasteiger partial charge in [-0.2, -0.15) is 0 Å². The van der Waals surface area contributed by atoms with Gasteiger partial charge in [-0.25, -0.2) is 0 Å². The Morgan fingerprint density at radius 2 is 1.92 bits per heavy atom. The number of anilines is 1. The number of halogens is 1. The van der Waals surface area contributed by atoms with E-state index in [2.05, 4.69) is 15.9 Å². The number of fused-ring (bicyclic) bond motifs is 3. The zero-order valence-electron chi connectivity index (χ0n) is 21.1. The minimum atomic E-state index is -2.86. The highest BCUT2D eigenvalue weighted by Gasteiger charge is 2.66. The largest absolute Gasteiger partial charge is 0.432 e. The van der Waals surface area contributed by atoms with Gasteiger partial charge in [0.25, 0.3) is 5.91 Å². The number of hydrogen-bond donors (Lipinski definition) is 2. The quantitative estimate of drug-likeness (QED) is 0.547. The van der Waals surface area contributed by atoms with E-state index in [-0.39, 0.29) is 42.3 Å². The average Bonchev–Trinajstić information content (AvgIpc) is 3.24. The molecule has 36 heavy (non-hydrogen) atoms. The number of amides is 2. The van der Waals surface area contributed by atoms with E-state index >= 15 is 0 Å². The van der Waals surface area contributed by atoms with Gasteiger partial charge >= 0.3 is 0 Å². The SMILES string of the molecule is C[C@@H]1[C@@H]([Si](C)(C)O)[C@H](CC(=O)N2Cc3ccccc3C[C@H]2CO)O[C@@]12C(=O)N(C)c1ccc(Br)cc12. The first-order chi connectivity index (χ1) is 17.0. The second-order valence-corrected chi connectivity index (χ2v) is 15.8. The van der Waals surface area contributed by atoms with Crippen molar-refractivity contribution in [2.45, 2.75) is 62.7 Å². The topological polar surface area (TPSA) is 90.3 Å². The van der Waals surface area contributed by atoms with Gasteiger partial charge in [0, 0.05) is 35.1 Å². The van der Waals surface area contributed by atoms with Crippen LogP contribution in [0.2, 0.25) is 18.6 Å². The van der Waals surface area contributed by atoms with E-state index in [0.717, 1.165) is 26.9 Å². The molecule has 2 aromatic rings. The summed E-state index contributed by atoms with van der Waals surface area (Å²) in [5.41, 5.74) is 2.21. The Bertz CT molecular complexity index is 1220. The van der Waals surface area contributed by atoms with Gasteiger partial charge in [-0.3, -0.25) is 9.59 Å². The van der Waals surface area contributed by atoms with Crippen molar-refractivity contribution >= 4 is 41.7 Å². The highest BCUT2D eigenvalue weighted by molar-refractivity contribution is 9.10. The van der Waals surface area contributed by atoms with Crippen LogP contribution >= 0.6 is 15.9 Å². The zero-order chi connectivity index (χ0) is 26.0. The highest BCUT2D eigenvalue weighted by atomic mass is 79.9. The number of carbonyl (C=O) groups excluding carboxylic acids is 2. The van der Waals surface area contributed by atoms with E-state index in [4.69, 9.17) is 4.74 Å². The summed E-state index contributed by atoms with van der Waals surface area (Å²) in [6.45, 7) is 5.98. The standard InChI is InChI=1S/C27H33BrN2O5Si/c1-16-25(36(3,4)34)23(35-27(16)21-12-19(28)9-10-22(21)29(2)26(27)33)13-24(32)30-14-18-8-6-5-7-17(18)11-20(30)15-31/h5-10,12,16,20,23,25,31,34H,11,13-15H2,1-4H3/t16-,20+,23+,25-,27+/m1/s1. The van der Waals surface area contributed by atoms with Gasteiger partial charge in [0.1, 0.15) is 0 Å². The zero-order valence-corrected chi connectivity index (χ0v) is 23.7. The van der Waals surface area contributed by atoms with Crippen molar-refractivity contribution in [3.63, 3.8) is 0 Å². The van der Waals surface area contributed by atoms with Crippen LogP contribution in [0.4, 0.5) is 5.69 Å². The van der Waals surface area contributed by atoms with Crippen LogP contribution in [0.5, 0.6) is 0 Å². The van der Waals surface area contributed by atoms with Gasteiger partial charge in [-0.05, 0) is 48.8 Å². The predicted molar refractivity (Wildman–Crippen MR) is 143 cm³/mol. The van der Waals surface area contributed by atoms with Gasteiger partial charge in [-0.1, -0.05) is 47.1 Å². The Labute approximate surface area is 221 Å². The molecule has 1 fully saturated rings. The first-order valence-corrected chi connectivity index (χ1v) is 16.3. The van der Waals surface area contributed by atoms with Crippen molar-refractivity contribution < 1.29 is 24.2 Å². The summed E-state index contributed by atoms with van der Waals surface area (Å²) in [4.78, 5) is 42.2. The molecule has 2 aromatic carbocycles. The average molecular weight is 574 g/mol. The Kier molecular flexibility index (Phi) is 6.44. The summed E-state index contributed by atoms with van der Waals surface area (Å²) in [6, 6.07) is 13.4. The Morgan fingerprint density at radius 1 is 1.22 bits per heavy atom. The Hall–Kier alpha value is -2.04. The van der Waals surface area contributed by atoms with Crippen molar-refractivity contribution in [2.75, 3.05) is 18.6 Å². The number of rotatable bonds is 4. The number of aliphatic hydroxyl groups is 1. The lowest BCUT2D eigenvalue weighted by atomic mass is 9.82. The van der Waals surface area contributed by atoms with Crippen molar-refractivity contribution in [1.29, 1.82) is 0 Å². The maximum absolute atomic E-state index is 13.7. The maximum Gasteiger partial charge on any atom is 0.264 e. The molecular formula is C27H33BrN2O5Si. The summed E-state index contributed by atoms with van der Waals surface area (Å²) in [5, 5.41) is 10.1. The molecule has 3 heterocycles. The fourth-order valence-electron chi connectivity index (χ4n) is 6.69. The molecule has 2 N–H and O–H groups in total. The third-order valence-electron chi connectivity index (χ3n) is 8.34. The molecule has 0 unspecified atom stereocenters. The van der Waals surface area contributed by atoms with E-state index in [1.165, 1.54) is 0 Å². The third-order valence-corrected chi connectivity index (χ3v) is 11.3. The van der Waals surface area contributed by atoms with Crippen LogP contribution in [-0.4, -0.2) is 60.7 Å². The minimum Gasteiger partial charge on any atom is -0.432 e. The molecule has 1 saturated heterocycles. The van der Waals surface area contributed by atoms with Gasteiger partial charge in [0.05, 0.1) is 30.9 Å². The number of carbonyl (C=O) groups is 2. The van der Waals surface area contributed by atoms with Gasteiger partial charge in [0.2, 0.25) is 5.91 Å². The van der Waals surface area contributed by atoms with Crippen LogP contribution in [0.1, 0.15) is 30.0 Å². The summed E-state index contributed by atoms with van der Waals surface area (Å²) in [5.74, 6) is -0.612. The van der Waals surface area contributed by atoms with Crippen molar-refractivity contribution in [3.8, 4) is 0 Å². The molecule has 0 radical (unpaired) electrons. The molecule has 3 aliphatic rings. The van der Waals surface area contributed by atoms with E-state index in [9.17, 15) is 19.5 Å². The number of ether oxygens (including phenoxy) is 1. The van der Waals surface area contributed by atoms with Crippen molar-refractivity contribution in [1.82, 2.24) is 4.90 Å². The highest BCUT2D eigenvalue weighted by Crippen LogP contribution is 2.59. The summed E-state index contributed by atoms with van der Waals surface area (Å²) < 4.78 is 7.52. The number of nitrogens with zero attached hydrogens (tertiary/aromatic N) is 2. The first kappa shape index (κ1) is 25.6. The predicted octanol–water partition coefficient (Wildman–Crippen LogP) is 3.56. The lowest BCUT2D eigenvalue weighted by molar-refractivity contribution is -0.150. The van der Waals surface area contributed by atoms with E-state index < -0.39 is 20.0 Å². The number of likely N-dealkylation sites (N-methyl/N-ethyl adjacent to an activating group) is 1. The van der Waals surface area contributed by atoms with Crippen LogP contribution in [0.15, 0.2) is 46.9 Å². The summed E-state index contributed by atoms with van der Waals surface area (Å²) in [7, 11) is -1.12. The summed E-state index contributed by atoms with van der Waals surface area (Å²) >= 11 is 3.53. The molecule has 9 heteroatoms. The molecule has 0 aliphatic carbocycles. The molecule has 0 aromatic heterocycles. The van der Waals surface area contributed by atoms with Crippen LogP contribution < -0.4 is 4.90 Å². The van der Waals surface area contributed by atoms with Gasteiger partial charge < -0.3 is 24.4 Å². The van der Waals surface area contributed by atoms with E-state index in [1.54, 1.807) is 16.8 Å². The minimum absolute atomic E-state index is 0.0484. The number of aliphatic hydroxyl groups excluding tert-OH is 1. The van der Waals surface area contributed by atoms with Crippen molar-refractivity contribution in [2.24, 2.45) is 5.92 Å². The molecule has 5 atom stereocenters. The lowest BCUT2D eigenvalue weighted by Crippen LogP contribution is -2.48. The molecule has 0 saturated carbocycles. The fraction of sp³-hybridized carbons (Fsp3) is 0.481. The molecule has 0 bridgehead atoms. The van der Waals surface area contributed by atoms with Gasteiger partial charge in [0.15, 0.2) is 13.9 Å².